The molecule has 4 heteroatoms. The molecule has 0 saturated heterocycles. The largest absolute Gasteiger partial charge is 0.395 e. The fourth-order valence-electron chi connectivity index (χ4n) is 1.37. The summed E-state index contributed by atoms with van der Waals surface area (Å²) in [5.74, 6) is 0.612. The van der Waals surface area contributed by atoms with Gasteiger partial charge in [0.2, 0.25) is 0 Å². The highest BCUT2D eigenvalue weighted by atomic mass is 32.1. The van der Waals surface area contributed by atoms with Crippen molar-refractivity contribution < 1.29 is 5.11 Å². The van der Waals surface area contributed by atoms with E-state index in [0.717, 1.165) is 13.0 Å². The van der Waals surface area contributed by atoms with Gasteiger partial charge in [0.25, 0.3) is 0 Å². The van der Waals surface area contributed by atoms with Crippen LogP contribution in [0, 0.1) is 5.92 Å². The van der Waals surface area contributed by atoms with Crippen LogP contribution in [0.2, 0.25) is 0 Å². The number of hydrogen-bond acceptors (Lipinski definition) is 4. The lowest BCUT2D eigenvalue weighted by Gasteiger charge is -2.17. The number of aliphatic hydroxyl groups is 1. The first-order chi connectivity index (χ1) is 6.72. The van der Waals surface area contributed by atoms with E-state index in [1.807, 2.05) is 11.7 Å². The number of nitrogens with zero attached hydrogens (tertiary/aromatic N) is 1. The third-order valence-corrected chi connectivity index (χ3v) is 2.80. The third kappa shape index (κ3) is 4.17. The first-order valence-electron chi connectivity index (χ1n) is 4.94. The average Bonchev–Trinajstić information content (AvgIpc) is 2.64. The molecule has 0 spiro atoms. The van der Waals surface area contributed by atoms with E-state index >= 15 is 0 Å². The van der Waals surface area contributed by atoms with E-state index in [-0.39, 0.29) is 12.6 Å². The van der Waals surface area contributed by atoms with Crippen LogP contribution in [0.25, 0.3) is 0 Å². The number of nitrogens with one attached hydrogen (secondary N) is 1. The Morgan fingerprint density at radius 1 is 1.57 bits per heavy atom. The minimum atomic E-state index is 0.205. The van der Waals surface area contributed by atoms with Crippen molar-refractivity contribution in [1.29, 1.82) is 0 Å². The molecular formula is C10H18N2OS. The molecule has 2 N–H and O–H groups in total. The van der Waals surface area contributed by atoms with Gasteiger partial charge in [0.1, 0.15) is 0 Å². The van der Waals surface area contributed by atoms with Crippen LogP contribution >= 0.6 is 11.3 Å². The Balaban J connectivity index is 2.27. The normalized spacial score (nSPS) is 13.4. The summed E-state index contributed by atoms with van der Waals surface area (Å²) in [5, 5.41) is 12.5. The molecule has 0 amide bonds. The Kier molecular flexibility index (Phi) is 5.07. The molecule has 0 bridgehead atoms. The summed E-state index contributed by atoms with van der Waals surface area (Å²) in [6.07, 6.45) is 2.87. The summed E-state index contributed by atoms with van der Waals surface area (Å²) in [6.45, 7) is 5.34. The van der Waals surface area contributed by atoms with Crippen molar-refractivity contribution in [2.24, 2.45) is 5.92 Å². The Morgan fingerprint density at radius 2 is 2.36 bits per heavy atom. The Hall–Kier alpha value is -0.450. The molecule has 0 aliphatic heterocycles. The second-order valence-electron chi connectivity index (χ2n) is 3.86. The zero-order valence-corrected chi connectivity index (χ0v) is 9.55. The molecule has 0 unspecified atom stereocenters. The van der Waals surface area contributed by atoms with Crippen LogP contribution in [0.3, 0.4) is 0 Å². The van der Waals surface area contributed by atoms with Gasteiger partial charge in [0.05, 0.1) is 12.1 Å². The molecule has 14 heavy (non-hydrogen) atoms. The maximum absolute atomic E-state index is 9.13. The van der Waals surface area contributed by atoms with Crippen molar-refractivity contribution in [3.05, 3.63) is 16.6 Å². The second-order valence-corrected chi connectivity index (χ2v) is 4.83. The van der Waals surface area contributed by atoms with E-state index in [1.165, 1.54) is 4.88 Å². The molecule has 0 fully saturated rings. The molecular weight excluding hydrogens is 196 g/mol. The number of rotatable bonds is 6. The highest BCUT2D eigenvalue weighted by Gasteiger charge is 2.08. The van der Waals surface area contributed by atoms with Crippen molar-refractivity contribution in [2.45, 2.75) is 32.9 Å². The molecule has 0 saturated carbocycles. The van der Waals surface area contributed by atoms with Gasteiger partial charge in [0.15, 0.2) is 0 Å². The summed E-state index contributed by atoms with van der Waals surface area (Å²) in [4.78, 5) is 5.22. The van der Waals surface area contributed by atoms with E-state index in [4.69, 9.17) is 5.11 Å². The van der Waals surface area contributed by atoms with Crippen molar-refractivity contribution in [2.75, 3.05) is 6.61 Å². The topological polar surface area (TPSA) is 45.1 Å². The maximum Gasteiger partial charge on any atom is 0.0794 e. The van der Waals surface area contributed by atoms with Gasteiger partial charge < -0.3 is 10.4 Å². The van der Waals surface area contributed by atoms with Gasteiger partial charge in [-0.05, 0) is 12.3 Å². The lowest BCUT2D eigenvalue weighted by Crippen LogP contribution is -2.32. The van der Waals surface area contributed by atoms with Gasteiger partial charge in [0, 0.05) is 23.7 Å². The highest BCUT2D eigenvalue weighted by Crippen LogP contribution is 2.08. The van der Waals surface area contributed by atoms with Crippen LogP contribution in [0.15, 0.2) is 11.7 Å². The zero-order valence-electron chi connectivity index (χ0n) is 8.73. The van der Waals surface area contributed by atoms with E-state index in [0.29, 0.717) is 5.92 Å². The van der Waals surface area contributed by atoms with E-state index in [9.17, 15) is 0 Å². The molecule has 0 aliphatic rings. The molecule has 1 aromatic heterocycles. The second kappa shape index (κ2) is 6.11. The predicted molar refractivity (Wildman–Crippen MR) is 59.3 cm³/mol. The van der Waals surface area contributed by atoms with Crippen molar-refractivity contribution in [3.63, 3.8) is 0 Å². The quantitative estimate of drug-likeness (QED) is 0.756. The van der Waals surface area contributed by atoms with Crippen molar-refractivity contribution in [1.82, 2.24) is 10.3 Å². The standard InChI is InChI=1S/C10H18N2OS/c1-8(2)3-9(6-13)12-5-10-4-11-7-14-10/h4,7-9,12-13H,3,5-6H2,1-2H3/t9-/m0/s1. The zero-order chi connectivity index (χ0) is 10.4. The molecule has 0 aromatic carbocycles. The molecule has 0 radical (unpaired) electrons. The number of thiazole rings is 1. The van der Waals surface area contributed by atoms with Crippen LogP contribution < -0.4 is 5.32 Å². The van der Waals surface area contributed by atoms with Crippen LogP contribution in [0.5, 0.6) is 0 Å². The summed E-state index contributed by atoms with van der Waals surface area (Å²) < 4.78 is 0. The minimum absolute atomic E-state index is 0.205. The minimum Gasteiger partial charge on any atom is -0.395 e. The summed E-state index contributed by atoms with van der Waals surface area (Å²) in [7, 11) is 0. The first-order valence-corrected chi connectivity index (χ1v) is 5.82. The highest BCUT2D eigenvalue weighted by molar-refractivity contribution is 7.09. The Bertz CT molecular complexity index is 236. The first kappa shape index (κ1) is 11.6. The van der Waals surface area contributed by atoms with Crippen LogP contribution in [0.4, 0.5) is 0 Å². The number of aliphatic hydroxyl groups excluding tert-OH is 1. The van der Waals surface area contributed by atoms with Gasteiger partial charge in [-0.25, -0.2) is 0 Å². The smallest absolute Gasteiger partial charge is 0.0794 e. The Morgan fingerprint density at radius 3 is 2.86 bits per heavy atom. The lowest BCUT2D eigenvalue weighted by molar-refractivity contribution is 0.224. The van der Waals surface area contributed by atoms with Crippen molar-refractivity contribution >= 4 is 11.3 Å². The third-order valence-electron chi connectivity index (χ3n) is 2.02. The lowest BCUT2D eigenvalue weighted by atomic mass is 10.0. The van der Waals surface area contributed by atoms with Crippen molar-refractivity contribution in [3.8, 4) is 0 Å². The van der Waals surface area contributed by atoms with Gasteiger partial charge in [-0.3, -0.25) is 4.98 Å². The predicted octanol–water partition coefficient (Wildman–Crippen LogP) is 1.64. The molecule has 1 heterocycles. The van der Waals surface area contributed by atoms with E-state index < -0.39 is 0 Å². The number of hydrogen-bond donors (Lipinski definition) is 2. The molecule has 80 valence electrons. The number of aromatic nitrogens is 1. The van der Waals surface area contributed by atoms with Gasteiger partial charge in [-0.2, -0.15) is 0 Å². The fraction of sp³-hybridized carbons (Fsp3) is 0.700. The summed E-state index contributed by atoms with van der Waals surface area (Å²) in [6, 6.07) is 0.206. The molecule has 3 nitrogen and oxygen atoms in total. The van der Waals surface area contributed by atoms with Crippen LogP contribution in [0.1, 0.15) is 25.1 Å². The Labute approximate surface area is 89.2 Å². The van der Waals surface area contributed by atoms with E-state index in [2.05, 4.69) is 24.1 Å². The molecule has 1 aromatic rings. The summed E-state index contributed by atoms with van der Waals surface area (Å²) >= 11 is 1.64. The SMILES string of the molecule is CC(C)C[C@@H](CO)NCc1cncs1. The summed E-state index contributed by atoms with van der Waals surface area (Å²) in [5.41, 5.74) is 1.83. The fourth-order valence-corrected chi connectivity index (χ4v) is 1.91. The maximum atomic E-state index is 9.13. The van der Waals surface area contributed by atoms with Gasteiger partial charge >= 0.3 is 0 Å². The average molecular weight is 214 g/mol. The molecule has 1 rings (SSSR count). The van der Waals surface area contributed by atoms with Crippen LogP contribution in [-0.4, -0.2) is 22.7 Å². The van der Waals surface area contributed by atoms with E-state index in [1.54, 1.807) is 11.3 Å². The van der Waals surface area contributed by atoms with Gasteiger partial charge in [-0.1, -0.05) is 13.8 Å². The molecule has 1 atom stereocenters. The monoisotopic (exact) mass is 214 g/mol. The van der Waals surface area contributed by atoms with Crippen LogP contribution in [-0.2, 0) is 6.54 Å². The molecule has 0 aliphatic carbocycles. The van der Waals surface area contributed by atoms with Gasteiger partial charge in [-0.15, -0.1) is 11.3 Å².